The van der Waals surface area contributed by atoms with Crippen LogP contribution >= 0.6 is 0 Å². The molecule has 1 aromatic carbocycles. The van der Waals surface area contributed by atoms with Crippen LogP contribution < -0.4 is 5.32 Å². The van der Waals surface area contributed by atoms with E-state index in [4.69, 9.17) is 0 Å². The standard InChI is InChI=1S/C24H31FN2O2/c1-15(27-24(29)18-6-9-20(28)10-7-18)16-2-4-17(5-3-16)21-12-13-26-23-11-8-19(25)14-22(21)23/h8,11-18,20,28H,2-7,9-10H2,1H3,(H,27,29)/t15?,16-,17+,18-,20-. The lowest BCUT2D eigenvalue weighted by Crippen LogP contribution is -2.43. The summed E-state index contributed by atoms with van der Waals surface area (Å²) in [6.07, 6.45) is 8.87. The van der Waals surface area contributed by atoms with Gasteiger partial charge in [-0.15, -0.1) is 0 Å². The van der Waals surface area contributed by atoms with Crippen molar-refractivity contribution in [3.05, 3.63) is 41.8 Å². The predicted octanol–water partition coefficient (Wildman–Crippen LogP) is 4.70. The van der Waals surface area contributed by atoms with Crippen molar-refractivity contribution >= 4 is 16.8 Å². The average Bonchev–Trinajstić information content (AvgIpc) is 2.74. The quantitative estimate of drug-likeness (QED) is 0.784. The minimum absolute atomic E-state index is 0.0512. The zero-order valence-electron chi connectivity index (χ0n) is 17.1. The molecule has 0 aliphatic heterocycles. The van der Waals surface area contributed by atoms with Gasteiger partial charge in [0.15, 0.2) is 0 Å². The first-order valence-corrected chi connectivity index (χ1v) is 11.0. The van der Waals surface area contributed by atoms with Gasteiger partial charge in [0.25, 0.3) is 0 Å². The number of nitrogens with zero attached hydrogens (tertiary/aromatic N) is 1. The van der Waals surface area contributed by atoms with E-state index >= 15 is 0 Å². The van der Waals surface area contributed by atoms with Crippen LogP contribution in [0.2, 0.25) is 0 Å². The molecule has 156 valence electrons. The zero-order valence-corrected chi connectivity index (χ0v) is 17.1. The van der Waals surface area contributed by atoms with Crippen molar-refractivity contribution in [1.29, 1.82) is 0 Å². The van der Waals surface area contributed by atoms with Gasteiger partial charge < -0.3 is 10.4 Å². The molecular weight excluding hydrogens is 367 g/mol. The van der Waals surface area contributed by atoms with Crippen molar-refractivity contribution in [2.24, 2.45) is 11.8 Å². The molecule has 2 aliphatic carbocycles. The highest BCUT2D eigenvalue weighted by Crippen LogP contribution is 2.39. The topological polar surface area (TPSA) is 62.2 Å². The van der Waals surface area contributed by atoms with E-state index in [0.717, 1.165) is 62.3 Å². The third kappa shape index (κ3) is 4.61. The Morgan fingerprint density at radius 1 is 1.10 bits per heavy atom. The fourth-order valence-corrected chi connectivity index (χ4v) is 5.22. The summed E-state index contributed by atoms with van der Waals surface area (Å²) in [5, 5.41) is 13.8. The first-order chi connectivity index (χ1) is 14.0. The summed E-state index contributed by atoms with van der Waals surface area (Å²) in [6, 6.07) is 7.03. The number of carbonyl (C=O) groups excluding carboxylic acids is 1. The van der Waals surface area contributed by atoms with Gasteiger partial charge in [-0.3, -0.25) is 9.78 Å². The van der Waals surface area contributed by atoms with E-state index in [1.54, 1.807) is 12.1 Å². The maximum atomic E-state index is 13.8. The second-order valence-electron chi connectivity index (χ2n) is 8.98. The lowest BCUT2D eigenvalue weighted by Gasteiger charge is -2.34. The number of aromatic nitrogens is 1. The minimum atomic E-state index is -0.232. The largest absolute Gasteiger partial charge is 0.393 e. The van der Waals surface area contributed by atoms with Gasteiger partial charge >= 0.3 is 0 Å². The highest BCUT2D eigenvalue weighted by molar-refractivity contribution is 5.82. The van der Waals surface area contributed by atoms with Gasteiger partial charge in [-0.05, 0) is 100.0 Å². The maximum Gasteiger partial charge on any atom is 0.223 e. The van der Waals surface area contributed by atoms with E-state index in [2.05, 4.69) is 17.2 Å². The van der Waals surface area contributed by atoms with Gasteiger partial charge in [0, 0.05) is 23.5 Å². The number of fused-ring (bicyclic) bond motifs is 1. The number of halogens is 1. The molecule has 2 fully saturated rings. The Hall–Kier alpha value is -2.01. The number of hydrogen-bond acceptors (Lipinski definition) is 3. The Balaban J connectivity index is 1.35. The summed E-state index contributed by atoms with van der Waals surface area (Å²) in [5.41, 5.74) is 2.05. The van der Waals surface area contributed by atoms with Crippen molar-refractivity contribution in [2.75, 3.05) is 0 Å². The summed E-state index contributed by atoms with van der Waals surface area (Å²) in [7, 11) is 0. The number of pyridine rings is 1. The second kappa shape index (κ2) is 8.78. The van der Waals surface area contributed by atoms with Gasteiger partial charge in [-0.25, -0.2) is 4.39 Å². The third-order valence-corrected chi connectivity index (χ3v) is 7.09. The number of rotatable bonds is 4. The van der Waals surface area contributed by atoms with Crippen LogP contribution in [0.4, 0.5) is 4.39 Å². The number of benzene rings is 1. The molecule has 1 amide bonds. The Bertz CT molecular complexity index is 855. The van der Waals surface area contributed by atoms with E-state index in [1.165, 1.54) is 11.6 Å². The molecule has 1 heterocycles. The predicted molar refractivity (Wildman–Crippen MR) is 112 cm³/mol. The summed E-state index contributed by atoms with van der Waals surface area (Å²) < 4.78 is 13.8. The Morgan fingerprint density at radius 3 is 2.55 bits per heavy atom. The smallest absolute Gasteiger partial charge is 0.223 e. The van der Waals surface area contributed by atoms with E-state index in [-0.39, 0.29) is 29.8 Å². The molecule has 2 aliphatic rings. The number of hydrogen-bond donors (Lipinski definition) is 2. The first-order valence-electron chi connectivity index (χ1n) is 11.0. The van der Waals surface area contributed by atoms with Crippen LogP contribution in [0.1, 0.15) is 69.8 Å². The number of aliphatic hydroxyl groups excluding tert-OH is 1. The fraction of sp³-hybridized carbons (Fsp3) is 0.583. The number of aliphatic hydroxyl groups is 1. The molecule has 0 radical (unpaired) electrons. The van der Waals surface area contributed by atoms with Crippen LogP contribution in [0.5, 0.6) is 0 Å². The molecule has 5 heteroatoms. The van der Waals surface area contributed by atoms with Crippen LogP contribution in [0.15, 0.2) is 30.5 Å². The average molecular weight is 399 g/mol. The van der Waals surface area contributed by atoms with Crippen LogP contribution in [0.25, 0.3) is 10.9 Å². The van der Waals surface area contributed by atoms with Crippen molar-refractivity contribution in [3.8, 4) is 0 Å². The summed E-state index contributed by atoms with van der Waals surface area (Å²) in [5.74, 6) is 0.889. The number of carbonyl (C=O) groups is 1. The first kappa shape index (κ1) is 20.3. The lowest BCUT2D eigenvalue weighted by atomic mass is 9.75. The van der Waals surface area contributed by atoms with Gasteiger partial charge in [0.2, 0.25) is 5.91 Å². The van der Waals surface area contributed by atoms with Gasteiger partial charge in [0.05, 0.1) is 11.6 Å². The van der Waals surface area contributed by atoms with Crippen molar-refractivity contribution in [2.45, 2.75) is 76.4 Å². The monoisotopic (exact) mass is 398 g/mol. The highest BCUT2D eigenvalue weighted by atomic mass is 19.1. The lowest BCUT2D eigenvalue weighted by molar-refractivity contribution is -0.127. The zero-order chi connectivity index (χ0) is 20.4. The second-order valence-corrected chi connectivity index (χ2v) is 8.98. The molecule has 0 bridgehead atoms. The van der Waals surface area contributed by atoms with Crippen LogP contribution in [-0.4, -0.2) is 28.1 Å². The van der Waals surface area contributed by atoms with Gasteiger partial charge in [0.1, 0.15) is 5.82 Å². The molecule has 0 saturated heterocycles. The molecule has 4 nitrogen and oxygen atoms in total. The minimum Gasteiger partial charge on any atom is -0.393 e. The van der Waals surface area contributed by atoms with Crippen LogP contribution in [0, 0.1) is 17.7 Å². The van der Waals surface area contributed by atoms with Gasteiger partial charge in [-0.1, -0.05) is 0 Å². The summed E-state index contributed by atoms with van der Waals surface area (Å²) in [6.45, 7) is 2.12. The highest BCUT2D eigenvalue weighted by Gasteiger charge is 2.30. The van der Waals surface area contributed by atoms with E-state index in [9.17, 15) is 14.3 Å². The van der Waals surface area contributed by atoms with Crippen molar-refractivity contribution in [3.63, 3.8) is 0 Å². The molecule has 2 saturated carbocycles. The SMILES string of the molecule is CC(NC(=O)[C@H]1CC[C@H](O)CC1)[C@H]1CC[C@@H](c2ccnc3ccc(F)cc32)CC1. The number of nitrogens with one attached hydrogen (secondary N) is 1. The Labute approximate surface area is 171 Å². The third-order valence-electron chi connectivity index (χ3n) is 7.09. The van der Waals surface area contributed by atoms with Gasteiger partial charge in [-0.2, -0.15) is 0 Å². The summed E-state index contributed by atoms with van der Waals surface area (Å²) >= 11 is 0. The van der Waals surface area contributed by atoms with Crippen LogP contribution in [0.3, 0.4) is 0 Å². The molecule has 1 unspecified atom stereocenters. The summed E-state index contributed by atoms with van der Waals surface area (Å²) in [4.78, 5) is 17.0. The molecule has 2 aromatic rings. The Morgan fingerprint density at radius 2 is 1.83 bits per heavy atom. The Kier molecular flexibility index (Phi) is 6.14. The van der Waals surface area contributed by atoms with E-state index in [0.29, 0.717) is 11.8 Å². The normalized spacial score (nSPS) is 28.8. The van der Waals surface area contributed by atoms with E-state index in [1.807, 2.05) is 12.3 Å². The number of amides is 1. The molecule has 0 spiro atoms. The van der Waals surface area contributed by atoms with Crippen molar-refractivity contribution < 1.29 is 14.3 Å². The van der Waals surface area contributed by atoms with Crippen molar-refractivity contribution in [1.82, 2.24) is 10.3 Å². The molecule has 4 rings (SSSR count). The molecule has 1 atom stereocenters. The molecule has 29 heavy (non-hydrogen) atoms. The molecule has 1 aromatic heterocycles. The maximum absolute atomic E-state index is 13.8. The van der Waals surface area contributed by atoms with E-state index < -0.39 is 0 Å². The fourth-order valence-electron chi connectivity index (χ4n) is 5.22. The molecule has 2 N–H and O–H groups in total. The molecular formula is C24H31FN2O2. The van der Waals surface area contributed by atoms with Crippen LogP contribution in [-0.2, 0) is 4.79 Å².